The Morgan fingerprint density at radius 2 is 1.94 bits per heavy atom. The van der Waals surface area contributed by atoms with Crippen molar-refractivity contribution in [2.24, 2.45) is 5.92 Å². The fourth-order valence-corrected chi connectivity index (χ4v) is 2.83. The molecule has 0 bridgehead atoms. The zero-order chi connectivity index (χ0) is 12.3. The molecule has 1 N–H and O–H groups in total. The molecular weight excluding hydrogens is 212 g/mol. The molecule has 2 nitrogen and oxygen atoms in total. The average Bonchev–Trinajstić information content (AvgIpc) is 2.39. The fraction of sp³-hybridized carbons (Fsp3) is 0.600. The zero-order valence-electron chi connectivity index (χ0n) is 10.8. The first-order valence-electron chi connectivity index (χ1n) is 6.50. The first kappa shape index (κ1) is 12.4. The summed E-state index contributed by atoms with van der Waals surface area (Å²) in [5, 5.41) is 9.14. The Balaban J connectivity index is 2.06. The van der Waals surface area contributed by atoms with E-state index in [4.69, 9.17) is 9.84 Å². The van der Waals surface area contributed by atoms with Crippen LogP contribution in [0.3, 0.4) is 0 Å². The van der Waals surface area contributed by atoms with Crippen molar-refractivity contribution in [2.75, 3.05) is 13.7 Å². The largest absolute Gasteiger partial charge is 0.496 e. The average molecular weight is 234 g/mol. The number of aryl methyl sites for hydroxylation is 1. The molecule has 1 fully saturated rings. The Labute approximate surface area is 104 Å². The van der Waals surface area contributed by atoms with E-state index < -0.39 is 0 Å². The van der Waals surface area contributed by atoms with Gasteiger partial charge >= 0.3 is 0 Å². The Bertz CT molecular complexity index is 365. The van der Waals surface area contributed by atoms with E-state index in [-0.39, 0.29) is 0 Å². The maximum Gasteiger partial charge on any atom is 0.121 e. The van der Waals surface area contributed by atoms with Crippen molar-refractivity contribution >= 4 is 0 Å². The second-order valence-electron chi connectivity index (χ2n) is 5.13. The van der Waals surface area contributed by atoms with Crippen LogP contribution in [-0.4, -0.2) is 18.8 Å². The highest BCUT2D eigenvalue weighted by Crippen LogP contribution is 2.36. The molecular formula is C15H22O2. The lowest BCUT2D eigenvalue weighted by Gasteiger charge is -2.28. The van der Waals surface area contributed by atoms with Gasteiger partial charge in [0.05, 0.1) is 7.11 Å². The van der Waals surface area contributed by atoms with Crippen molar-refractivity contribution < 1.29 is 9.84 Å². The van der Waals surface area contributed by atoms with Gasteiger partial charge in [0.15, 0.2) is 0 Å². The van der Waals surface area contributed by atoms with E-state index in [1.807, 2.05) is 0 Å². The molecule has 94 valence electrons. The van der Waals surface area contributed by atoms with Gasteiger partial charge in [-0.15, -0.1) is 0 Å². The number of rotatable bonds is 3. The van der Waals surface area contributed by atoms with Gasteiger partial charge in [-0.1, -0.05) is 12.1 Å². The first-order chi connectivity index (χ1) is 8.24. The number of aliphatic hydroxyl groups excluding tert-OH is 1. The molecule has 0 atom stereocenters. The second kappa shape index (κ2) is 5.54. The van der Waals surface area contributed by atoms with Crippen LogP contribution in [0.2, 0.25) is 0 Å². The lowest BCUT2D eigenvalue weighted by Crippen LogP contribution is -2.16. The molecule has 0 spiro atoms. The SMILES string of the molecule is COc1ccc([C@H]2CC[C@H](CO)CC2)cc1C. The number of benzene rings is 1. The number of aliphatic hydroxyl groups is 1. The third-order valence-corrected chi connectivity index (χ3v) is 4.00. The maximum absolute atomic E-state index is 9.14. The lowest BCUT2D eigenvalue weighted by atomic mass is 9.79. The van der Waals surface area contributed by atoms with E-state index in [2.05, 4.69) is 25.1 Å². The third-order valence-electron chi connectivity index (χ3n) is 4.00. The van der Waals surface area contributed by atoms with E-state index in [1.54, 1.807) is 7.11 Å². The van der Waals surface area contributed by atoms with Crippen LogP contribution in [0.15, 0.2) is 18.2 Å². The van der Waals surface area contributed by atoms with E-state index in [0.29, 0.717) is 18.4 Å². The molecule has 1 aromatic rings. The molecule has 2 heteroatoms. The quantitative estimate of drug-likeness (QED) is 0.869. The summed E-state index contributed by atoms with van der Waals surface area (Å²) in [4.78, 5) is 0. The van der Waals surface area contributed by atoms with Gasteiger partial charge in [0.2, 0.25) is 0 Å². The summed E-state index contributed by atoms with van der Waals surface area (Å²) >= 11 is 0. The van der Waals surface area contributed by atoms with E-state index >= 15 is 0 Å². The van der Waals surface area contributed by atoms with Gasteiger partial charge in [0, 0.05) is 6.61 Å². The molecule has 1 aromatic carbocycles. The Morgan fingerprint density at radius 1 is 1.24 bits per heavy atom. The van der Waals surface area contributed by atoms with Gasteiger partial charge in [0.25, 0.3) is 0 Å². The Kier molecular flexibility index (Phi) is 4.06. The molecule has 0 heterocycles. The van der Waals surface area contributed by atoms with Gasteiger partial charge in [-0.25, -0.2) is 0 Å². The highest BCUT2D eigenvalue weighted by atomic mass is 16.5. The minimum atomic E-state index is 0.356. The number of methoxy groups -OCH3 is 1. The monoisotopic (exact) mass is 234 g/mol. The van der Waals surface area contributed by atoms with Crippen LogP contribution in [0.4, 0.5) is 0 Å². The van der Waals surface area contributed by atoms with Crippen LogP contribution in [0.1, 0.15) is 42.7 Å². The summed E-state index contributed by atoms with van der Waals surface area (Å²) in [6.07, 6.45) is 4.73. The number of ether oxygens (including phenoxy) is 1. The first-order valence-corrected chi connectivity index (χ1v) is 6.50. The van der Waals surface area contributed by atoms with Gasteiger partial charge in [-0.2, -0.15) is 0 Å². The van der Waals surface area contributed by atoms with E-state index in [1.165, 1.54) is 24.0 Å². The smallest absolute Gasteiger partial charge is 0.121 e. The van der Waals surface area contributed by atoms with E-state index in [0.717, 1.165) is 18.6 Å². The van der Waals surface area contributed by atoms with Crippen molar-refractivity contribution in [2.45, 2.75) is 38.5 Å². The standard InChI is InChI=1S/C15H22O2/c1-11-9-14(7-8-15(11)17-2)13-5-3-12(10-16)4-6-13/h7-9,12-13,16H,3-6,10H2,1-2H3/t12-,13-. The van der Waals surface area contributed by atoms with Crippen LogP contribution in [0.5, 0.6) is 5.75 Å². The molecule has 0 unspecified atom stereocenters. The van der Waals surface area contributed by atoms with Crippen molar-refractivity contribution in [3.05, 3.63) is 29.3 Å². The van der Waals surface area contributed by atoms with Gasteiger partial charge in [-0.05, 0) is 61.6 Å². The molecule has 1 aliphatic rings. The minimum Gasteiger partial charge on any atom is -0.496 e. The van der Waals surface area contributed by atoms with Crippen molar-refractivity contribution in [3.63, 3.8) is 0 Å². The predicted molar refractivity (Wildman–Crippen MR) is 69.5 cm³/mol. The molecule has 0 radical (unpaired) electrons. The zero-order valence-corrected chi connectivity index (χ0v) is 10.8. The number of hydrogen-bond donors (Lipinski definition) is 1. The highest BCUT2D eigenvalue weighted by Gasteiger charge is 2.22. The van der Waals surface area contributed by atoms with Crippen LogP contribution >= 0.6 is 0 Å². The topological polar surface area (TPSA) is 29.5 Å². The Hall–Kier alpha value is -1.02. The predicted octanol–water partition coefficient (Wildman–Crippen LogP) is 3.27. The normalized spacial score (nSPS) is 24.6. The van der Waals surface area contributed by atoms with Gasteiger partial charge in [0.1, 0.15) is 5.75 Å². The molecule has 0 aliphatic heterocycles. The van der Waals surface area contributed by atoms with Gasteiger partial charge < -0.3 is 9.84 Å². The molecule has 1 aliphatic carbocycles. The van der Waals surface area contributed by atoms with Crippen molar-refractivity contribution in [1.29, 1.82) is 0 Å². The maximum atomic E-state index is 9.14. The lowest BCUT2D eigenvalue weighted by molar-refractivity contribution is 0.182. The molecule has 0 amide bonds. The van der Waals surface area contributed by atoms with Gasteiger partial charge in [-0.3, -0.25) is 0 Å². The van der Waals surface area contributed by atoms with Crippen LogP contribution in [-0.2, 0) is 0 Å². The Morgan fingerprint density at radius 3 is 2.47 bits per heavy atom. The summed E-state index contributed by atoms with van der Waals surface area (Å²) < 4.78 is 5.29. The summed E-state index contributed by atoms with van der Waals surface area (Å²) in [6, 6.07) is 6.52. The van der Waals surface area contributed by atoms with E-state index in [9.17, 15) is 0 Å². The van der Waals surface area contributed by atoms with Crippen LogP contribution in [0, 0.1) is 12.8 Å². The molecule has 2 rings (SSSR count). The number of hydrogen-bond acceptors (Lipinski definition) is 2. The molecule has 1 saturated carbocycles. The highest BCUT2D eigenvalue weighted by molar-refractivity contribution is 5.37. The summed E-state index contributed by atoms with van der Waals surface area (Å²) in [6.45, 7) is 2.45. The van der Waals surface area contributed by atoms with Crippen molar-refractivity contribution in [1.82, 2.24) is 0 Å². The summed E-state index contributed by atoms with van der Waals surface area (Å²) in [5.41, 5.74) is 2.65. The fourth-order valence-electron chi connectivity index (χ4n) is 2.83. The second-order valence-corrected chi connectivity index (χ2v) is 5.13. The minimum absolute atomic E-state index is 0.356. The summed E-state index contributed by atoms with van der Waals surface area (Å²) in [5.74, 6) is 2.17. The molecule has 0 aromatic heterocycles. The molecule has 0 saturated heterocycles. The van der Waals surface area contributed by atoms with Crippen molar-refractivity contribution in [3.8, 4) is 5.75 Å². The molecule has 17 heavy (non-hydrogen) atoms. The van der Waals surface area contributed by atoms with Crippen LogP contribution < -0.4 is 4.74 Å². The van der Waals surface area contributed by atoms with Crippen LogP contribution in [0.25, 0.3) is 0 Å². The third kappa shape index (κ3) is 2.81. The summed E-state index contributed by atoms with van der Waals surface area (Å²) in [7, 11) is 1.72.